The normalized spacial score (nSPS) is 10.4. The summed E-state index contributed by atoms with van der Waals surface area (Å²) in [5, 5.41) is 0.176. The second-order valence-corrected chi connectivity index (χ2v) is 3.69. The summed E-state index contributed by atoms with van der Waals surface area (Å²) in [5.41, 5.74) is 6.25. The van der Waals surface area contributed by atoms with Gasteiger partial charge in [0.1, 0.15) is 5.76 Å². The Hall–Kier alpha value is -1.75. The van der Waals surface area contributed by atoms with E-state index in [0.717, 1.165) is 5.76 Å². The molecular formula is C10H11ClN4O. The Morgan fingerprint density at radius 1 is 1.56 bits per heavy atom. The van der Waals surface area contributed by atoms with Crippen LogP contribution in [0.5, 0.6) is 0 Å². The molecule has 6 heteroatoms. The number of anilines is 2. The van der Waals surface area contributed by atoms with Crippen molar-refractivity contribution < 1.29 is 4.42 Å². The van der Waals surface area contributed by atoms with E-state index in [1.807, 2.05) is 24.1 Å². The Bertz CT molecular complexity index is 472. The average molecular weight is 239 g/mol. The molecule has 0 fully saturated rings. The number of hydrogen-bond acceptors (Lipinski definition) is 5. The number of nitrogen functional groups attached to an aromatic ring is 1. The van der Waals surface area contributed by atoms with E-state index in [4.69, 9.17) is 21.8 Å². The molecule has 0 saturated carbocycles. The second kappa shape index (κ2) is 4.40. The maximum Gasteiger partial charge on any atom is 0.224 e. The van der Waals surface area contributed by atoms with Gasteiger partial charge in [0.25, 0.3) is 0 Å². The van der Waals surface area contributed by atoms with E-state index in [2.05, 4.69) is 9.97 Å². The van der Waals surface area contributed by atoms with Crippen molar-refractivity contribution in [2.45, 2.75) is 6.54 Å². The van der Waals surface area contributed by atoms with Crippen LogP contribution in [-0.2, 0) is 6.54 Å². The number of nitrogens with zero attached hydrogens (tertiary/aromatic N) is 3. The minimum atomic E-state index is 0.176. The van der Waals surface area contributed by atoms with Crippen LogP contribution >= 0.6 is 11.6 Å². The SMILES string of the molecule is CN(Cc1ccco1)c1nc(Cl)ncc1N. The Morgan fingerprint density at radius 3 is 3.06 bits per heavy atom. The summed E-state index contributed by atoms with van der Waals surface area (Å²) < 4.78 is 5.24. The van der Waals surface area contributed by atoms with E-state index < -0.39 is 0 Å². The van der Waals surface area contributed by atoms with Crippen LogP contribution in [0.1, 0.15) is 5.76 Å². The second-order valence-electron chi connectivity index (χ2n) is 3.35. The van der Waals surface area contributed by atoms with E-state index >= 15 is 0 Å². The Morgan fingerprint density at radius 2 is 2.38 bits per heavy atom. The first-order chi connectivity index (χ1) is 7.66. The van der Waals surface area contributed by atoms with E-state index in [0.29, 0.717) is 18.1 Å². The highest BCUT2D eigenvalue weighted by Crippen LogP contribution is 2.21. The molecule has 2 heterocycles. The first kappa shape index (κ1) is 10.8. The first-order valence-electron chi connectivity index (χ1n) is 4.68. The minimum absolute atomic E-state index is 0.176. The molecule has 0 bridgehead atoms. The maximum atomic E-state index is 5.76. The number of aromatic nitrogens is 2. The molecule has 5 nitrogen and oxygen atoms in total. The molecule has 2 aromatic rings. The third-order valence-electron chi connectivity index (χ3n) is 2.10. The Kier molecular flexibility index (Phi) is 2.96. The third kappa shape index (κ3) is 2.25. The first-order valence-corrected chi connectivity index (χ1v) is 5.06. The van der Waals surface area contributed by atoms with Crippen LogP contribution in [0.15, 0.2) is 29.0 Å². The zero-order valence-electron chi connectivity index (χ0n) is 8.72. The summed E-state index contributed by atoms with van der Waals surface area (Å²) in [6, 6.07) is 3.72. The molecule has 16 heavy (non-hydrogen) atoms. The van der Waals surface area contributed by atoms with Gasteiger partial charge in [0.15, 0.2) is 5.82 Å². The van der Waals surface area contributed by atoms with E-state index in [9.17, 15) is 0 Å². The van der Waals surface area contributed by atoms with Gasteiger partial charge in [-0.15, -0.1) is 0 Å². The van der Waals surface area contributed by atoms with Gasteiger partial charge < -0.3 is 15.1 Å². The van der Waals surface area contributed by atoms with Crippen molar-refractivity contribution in [3.8, 4) is 0 Å². The van der Waals surface area contributed by atoms with Crippen LogP contribution in [-0.4, -0.2) is 17.0 Å². The van der Waals surface area contributed by atoms with Crippen molar-refractivity contribution in [2.24, 2.45) is 0 Å². The summed E-state index contributed by atoms with van der Waals surface area (Å²) in [7, 11) is 1.86. The Balaban J connectivity index is 2.20. The highest BCUT2D eigenvalue weighted by molar-refractivity contribution is 6.28. The minimum Gasteiger partial charge on any atom is -0.467 e. The topological polar surface area (TPSA) is 68.2 Å². The third-order valence-corrected chi connectivity index (χ3v) is 2.28. The highest BCUT2D eigenvalue weighted by Gasteiger charge is 2.10. The van der Waals surface area contributed by atoms with Crippen molar-refractivity contribution in [3.05, 3.63) is 35.6 Å². The molecule has 0 aliphatic heterocycles. The molecular weight excluding hydrogens is 228 g/mol. The smallest absolute Gasteiger partial charge is 0.224 e. The van der Waals surface area contributed by atoms with Gasteiger partial charge in [-0.2, -0.15) is 4.98 Å². The van der Waals surface area contributed by atoms with Crippen molar-refractivity contribution in [3.63, 3.8) is 0 Å². The van der Waals surface area contributed by atoms with Gasteiger partial charge in [0.2, 0.25) is 5.28 Å². The number of rotatable bonds is 3. The lowest BCUT2D eigenvalue weighted by Gasteiger charge is -2.18. The molecule has 2 aromatic heterocycles. The molecule has 0 aliphatic carbocycles. The van der Waals surface area contributed by atoms with Crippen molar-refractivity contribution in [1.82, 2.24) is 9.97 Å². The molecule has 0 radical (unpaired) electrons. The van der Waals surface area contributed by atoms with Crippen molar-refractivity contribution in [2.75, 3.05) is 17.7 Å². The summed E-state index contributed by atoms with van der Waals surface area (Å²) in [4.78, 5) is 9.71. The van der Waals surface area contributed by atoms with Crippen LogP contribution in [0.25, 0.3) is 0 Å². The van der Waals surface area contributed by atoms with E-state index in [1.54, 1.807) is 6.26 Å². The molecule has 0 amide bonds. The van der Waals surface area contributed by atoms with Gasteiger partial charge in [0.05, 0.1) is 24.7 Å². The fraction of sp³-hybridized carbons (Fsp3) is 0.200. The number of hydrogen-bond donors (Lipinski definition) is 1. The fourth-order valence-corrected chi connectivity index (χ4v) is 1.51. The summed E-state index contributed by atoms with van der Waals surface area (Å²) >= 11 is 5.71. The van der Waals surface area contributed by atoms with E-state index in [-0.39, 0.29) is 5.28 Å². The summed E-state index contributed by atoms with van der Waals surface area (Å²) in [6.07, 6.45) is 3.11. The predicted molar refractivity (Wildman–Crippen MR) is 62.3 cm³/mol. The van der Waals surface area contributed by atoms with Crippen LogP contribution in [0.4, 0.5) is 11.5 Å². The lowest BCUT2D eigenvalue weighted by molar-refractivity contribution is 0.507. The predicted octanol–water partition coefficient (Wildman–Crippen LogP) is 1.94. The van der Waals surface area contributed by atoms with Crippen LogP contribution in [0.2, 0.25) is 5.28 Å². The molecule has 0 spiro atoms. The molecule has 2 N–H and O–H groups in total. The van der Waals surface area contributed by atoms with Crippen LogP contribution in [0, 0.1) is 0 Å². The van der Waals surface area contributed by atoms with Crippen LogP contribution in [0.3, 0.4) is 0 Å². The van der Waals surface area contributed by atoms with E-state index in [1.165, 1.54) is 6.20 Å². The van der Waals surface area contributed by atoms with Gasteiger partial charge in [-0.05, 0) is 23.7 Å². The molecule has 84 valence electrons. The van der Waals surface area contributed by atoms with Gasteiger partial charge in [0, 0.05) is 7.05 Å². The van der Waals surface area contributed by atoms with Crippen molar-refractivity contribution in [1.29, 1.82) is 0 Å². The summed E-state index contributed by atoms with van der Waals surface area (Å²) in [6.45, 7) is 0.574. The van der Waals surface area contributed by atoms with Crippen molar-refractivity contribution >= 4 is 23.1 Å². The maximum absolute atomic E-state index is 5.76. The van der Waals surface area contributed by atoms with Crippen LogP contribution < -0.4 is 10.6 Å². The number of nitrogens with two attached hydrogens (primary N) is 1. The monoisotopic (exact) mass is 238 g/mol. The Labute approximate surface area is 97.9 Å². The van der Waals surface area contributed by atoms with Gasteiger partial charge in [-0.25, -0.2) is 4.98 Å². The molecule has 0 saturated heterocycles. The zero-order chi connectivity index (χ0) is 11.5. The molecule has 0 aliphatic rings. The van der Waals surface area contributed by atoms with Gasteiger partial charge in [-0.1, -0.05) is 0 Å². The lowest BCUT2D eigenvalue weighted by atomic mass is 10.4. The molecule has 0 atom stereocenters. The number of furan rings is 1. The van der Waals surface area contributed by atoms with Gasteiger partial charge >= 0.3 is 0 Å². The molecule has 0 unspecified atom stereocenters. The standard InChI is InChI=1S/C10H11ClN4O/c1-15(6-7-3-2-4-16-7)9-8(12)5-13-10(11)14-9/h2-5H,6,12H2,1H3. The molecule has 0 aromatic carbocycles. The van der Waals surface area contributed by atoms with Gasteiger partial charge in [-0.3, -0.25) is 0 Å². The average Bonchev–Trinajstić information content (AvgIpc) is 2.74. The quantitative estimate of drug-likeness (QED) is 0.828. The fourth-order valence-electron chi connectivity index (χ4n) is 1.38. The highest BCUT2D eigenvalue weighted by atomic mass is 35.5. The molecule has 2 rings (SSSR count). The number of halogens is 1. The largest absolute Gasteiger partial charge is 0.467 e. The zero-order valence-corrected chi connectivity index (χ0v) is 9.48. The summed E-state index contributed by atoms with van der Waals surface area (Å²) in [5.74, 6) is 1.42. The lowest BCUT2D eigenvalue weighted by Crippen LogP contribution is -2.19.